The van der Waals surface area contributed by atoms with Crippen LogP contribution in [0.15, 0.2) is 48.5 Å². The molecule has 0 saturated carbocycles. The Morgan fingerprint density at radius 2 is 1.93 bits per heavy atom. The van der Waals surface area contributed by atoms with Gasteiger partial charge in [-0.15, -0.1) is 0 Å². The van der Waals surface area contributed by atoms with Crippen molar-refractivity contribution >= 4 is 28.5 Å². The maximum Gasteiger partial charge on any atom is 0.515 e. The van der Waals surface area contributed by atoms with Gasteiger partial charge < -0.3 is 19.3 Å². The summed E-state index contributed by atoms with van der Waals surface area (Å²) in [6.07, 6.45) is 0.655. The number of halogens is 1. The number of hydrogen-bond donors (Lipinski definition) is 1. The van der Waals surface area contributed by atoms with E-state index in [1.54, 1.807) is 18.2 Å². The number of pyridine rings is 1. The van der Waals surface area contributed by atoms with Gasteiger partial charge in [0.05, 0.1) is 6.61 Å². The minimum atomic E-state index is -0.942. The fraction of sp³-hybridized carbons (Fsp3) is 0.238. The third-order valence-electron chi connectivity index (χ3n) is 4.02. The largest absolute Gasteiger partial charge is 0.515 e. The second kappa shape index (κ2) is 9.28. The molecule has 0 saturated heterocycles. The van der Waals surface area contributed by atoms with Crippen LogP contribution in [0, 0.1) is 0 Å². The Morgan fingerprint density at radius 1 is 1.14 bits per heavy atom. The number of carbonyl (C=O) groups excluding carboxylic acids is 1. The number of nitrogens with zero attached hydrogens (tertiary/aromatic N) is 1. The molecule has 0 radical (unpaired) electrons. The molecule has 0 spiro atoms. The third-order valence-corrected chi connectivity index (χ3v) is 4.30. The highest BCUT2D eigenvalue weighted by atomic mass is 35.5. The summed E-state index contributed by atoms with van der Waals surface area (Å²) in [4.78, 5) is 15.7. The van der Waals surface area contributed by atoms with E-state index in [0.29, 0.717) is 23.1 Å². The summed E-state index contributed by atoms with van der Waals surface area (Å²) in [5.74, 6) is -0.0818. The van der Waals surface area contributed by atoms with Crippen LogP contribution in [0.1, 0.15) is 25.3 Å². The van der Waals surface area contributed by atoms with Crippen molar-refractivity contribution in [3.63, 3.8) is 0 Å². The SMILES string of the molecule is CCCCOC(=O)Oc1nc(Cl)c2ccc(OCc3ccccc3)cc2c1O. The lowest BCUT2D eigenvalue weighted by atomic mass is 10.1. The van der Waals surface area contributed by atoms with Crippen LogP contribution >= 0.6 is 11.6 Å². The molecule has 0 aliphatic carbocycles. The molecule has 0 bridgehead atoms. The fourth-order valence-corrected chi connectivity index (χ4v) is 2.77. The lowest BCUT2D eigenvalue weighted by Crippen LogP contribution is -2.12. The van der Waals surface area contributed by atoms with Crippen molar-refractivity contribution in [1.29, 1.82) is 0 Å². The van der Waals surface area contributed by atoms with E-state index in [1.807, 2.05) is 37.3 Å². The number of rotatable bonds is 7. The van der Waals surface area contributed by atoms with Gasteiger partial charge >= 0.3 is 6.16 Å². The zero-order chi connectivity index (χ0) is 19.9. The summed E-state index contributed by atoms with van der Waals surface area (Å²) >= 11 is 6.17. The number of fused-ring (bicyclic) bond motifs is 1. The summed E-state index contributed by atoms with van der Waals surface area (Å²) in [5, 5.41) is 11.5. The van der Waals surface area contributed by atoms with Crippen LogP contribution in [-0.4, -0.2) is 22.9 Å². The van der Waals surface area contributed by atoms with Crippen LogP contribution in [0.25, 0.3) is 10.8 Å². The van der Waals surface area contributed by atoms with E-state index in [2.05, 4.69) is 4.98 Å². The average molecular weight is 402 g/mol. The second-order valence-electron chi connectivity index (χ2n) is 6.09. The molecule has 3 rings (SSSR count). The highest BCUT2D eigenvalue weighted by Gasteiger charge is 2.18. The Balaban J connectivity index is 1.80. The lowest BCUT2D eigenvalue weighted by molar-refractivity contribution is 0.0952. The van der Waals surface area contributed by atoms with E-state index >= 15 is 0 Å². The molecule has 146 valence electrons. The molecular weight excluding hydrogens is 382 g/mol. The standard InChI is InChI=1S/C21H20ClNO5/c1-2-3-11-26-21(25)28-20-18(24)17-12-15(9-10-16(17)19(22)23-20)27-13-14-7-5-4-6-8-14/h4-10,12,24H,2-3,11,13H2,1H3. The van der Waals surface area contributed by atoms with Gasteiger partial charge in [0.2, 0.25) is 0 Å². The monoisotopic (exact) mass is 401 g/mol. The van der Waals surface area contributed by atoms with Crippen LogP contribution in [-0.2, 0) is 11.3 Å². The van der Waals surface area contributed by atoms with E-state index in [9.17, 15) is 9.90 Å². The molecule has 7 heteroatoms. The fourth-order valence-electron chi connectivity index (χ4n) is 2.53. The van der Waals surface area contributed by atoms with Crippen molar-refractivity contribution in [1.82, 2.24) is 4.98 Å². The van der Waals surface area contributed by atoms with Gasteiger partial charge in [0, 0.05) is 10.8 Å². The molecule has 1 heterocycles. The van der Waals surface area contributed by atoms with Crippen LogP contribution in [0.3, 0.4) is 0 Å². The molecule has 0 aliphatic rings. The number of hydrogen-bond acceptors (Lipinski definition) is 6. The lowest BCUT2D eigenvalue weighted by Gasteiger charge is -2.11. The van der Waals surface area contributed by atoms with Gasteiger partial charge in [0.15, 0.2) is 5.75 Å². The molecule has 28 heavy (non-hydrogen) atoms. The van der Waals surface area contributed by atoms with Crippen molar-refractivity contribution in [2.24, 2.45) is 0 Å². The normalized spacial score (nSPS) is 10.6. The summed E-state index contributed by atoms with van der Waals surface area (Å²) in [7, 11) is 0. The van der Waals surface area contributed by atoms with Gasteiger partial charge in [-0.1, -0.05) is 55.3 Å². The van der Waals surface area contributed by atoms with Crippen LogP contribution in [0.2, 0.25) is 5.15 Å². The Labute approximate surface area is 167 Å². The first-order valence-corrected chi connectivity index (χ1v) is 9.30. The first-order chi connectivity index (χ1) is 13.6. The molecule has 2 aromatic carbocycles. The first kappa shape index (κ1) is 19.8. The molecule has 6 nitrogen and oxygen atoms in total. The van der Waals surface area contributed by atoms with Crippen LogP contribution < -0.4 is 9.47 Å². The van der Waals surface area contributed by atoms with Crippen LogP contribution in [0.4, 0.5) is 4.79 Å². The van der Waals surface area contributed by atoms with Gasteiger partial charge in [0.1, 0.15) is 17.5 Å². The zero-order valence-corrected chi connectivity index (χ0v) is 16.1. The third kappa shape index (κ3) is 4.84. The summed E-state index contributed by atoms with van der Waals surface area (Å²) in [6.45, 7) is 2.58. The van der Waals surface area contributed by atoms with Gasteiger partial charge in [-0.2, -0.15) is 4.98 Å². The van der Waals surface area contributed by atoms with Gasteiger partial charge in [-0.05, 0) is 30.2 Å². The molecule has 3 aromatic rings. The summed E-state index contributed by atoms with van der Waals surface area (Å²) in [5.41, 5.74) is 1.01. The van der Waals surface area contributed by atoms with Gasteiger partial charge in [-0.25, -0.2) is 4.79 Å². The highest BCUT2D eigenvalue weighted by Crippen LogP contribution is 2.38. The predicted molar refractivity (Wildman–Crippen MR) is 106 cm³/mol. The van der Waals surface area contributed by atoms with E-state index in [-0.39, 0.29) is 23.4 Å². The number of carbonyl (C=O) groups is 1. The van der Waals surface area contributed by atoms with Crippen molar-refractivity contribution < 1.29 is 24.1 Å². The minimum absolute atomic E-state index is 0.0961. The number of benzene rings is 2. The maximum absolute atomic E-state index is 11.7. The van der Waals surface area contributed by atoms with E-state index in [4.69, 9.17) is 25.8 Å². The molecular formula is C21H20ClNO5. The smallest absolute Gasteiger partial charge is 0.503 e. The predicted octanol–water partition coefficient (Wildman–Crippen LogP) is 5.49. The van der Waals surface area contributed by atoms with E-state index < -0.39 is 6.16 Å². The average Bonchev–Trinajstić information content (AvgIpc) is 2.71. The second-order valence-corrected chi connectivity index (χ2v) is 6.45. The molecule has 1 N–H and O–H groups in total. The maximum atomic E-state index is 11.7. The Kier molecular flexibility index (Phi) is 6.55. The Hall–Kier alpha value is -2.99. The molecule has 0 amide bonds. The molecule has 0 aliphatic heterocycles. The topological polar surface area (TPSA) is 77.9 Å². The highest BCUT2D eigenvalue weighted by molar-refractivity contribution is 6.34. The van der Waals surface area contributed by atoms with Crippen molar-refractivity contribution in [3.8, 4) is 17.4 Å². The molecule has 0 atom stereocenters. The van der Waals surface area contributed by atoms with E-state index in [1.165, 1.54) is 0 Å². The summed E-state index contributed by atoms with van der Waals surface area (Å²) in [6, 6.07) is 14.7. The number of aromatic nitrogens is 1. The molecule has 0 fully saturated rings. The number of ether oxygens (including phenoxy) is 3. The minimum Gasteiger partial charge on any atom is -0.503 e. The van der Waals surface area contributed by atoms with Gasteiger partial charge in [0.25, 0.3) is 5.88 Å². The van der Waals surface area contributed by atoms with Crippen LogP contribution in [0.5, 0.6) is 17.4 Å². The van der Waals surface area contributed by atoms with E-state index in [0.717, 1.165) is 18.4 Å². The van der Waals surface area contributed by atoms with Crippen molar-refractivity contribution in [2.45, 2.75) is 26.4 Å². The summed E-state index contributed by atoms with van der Waals surface area (Å²) < 4.78 is 15.7. The Bertz CT molecular complexity index is 962. The zero-order valence-electron chi connectivity index (χ0n) is 15.4. The first-order valence-electron chi connectivity index (χ1n) is 8.92. The van der Waals surface area contributed by atoms with Gasteiger partial charge in [-0.3, -0.25) is 0 Å². The molecule has 0 unspecified atom stereocenters. The quantitative estimate of drug-likeness (QED) is 0.320. The number of aromatic hydroxyl groups is 1. The Morgan fingerprint density at radius 3 is 2.68 bits per heavy atom. The number of unbranched alkanes of at least 4 members (excludes halogenated alkanes) is 1. The molecule has 1 aromatic heterocycles. The van der Waals surface area contributed by atoms with Crippen molar-refractivity contribution in [2.75, 3.05) is 6.61 Å². The van der Waals surface area contributed by atoms with Crippen molar-refractivity contribution in [3.05, 3.63) is 59.2 Å².